The zero-order valence-corrected chi connectivity index (χ0v) is 17.1. The Morgan fingerprint density at radius 2 is 1.72 bits per heavy atom. The van der Waals surface area contributed by atoms with Gasteiger partial charge in [0.15, 0.2) is 6.61 Å². The van der Waals surface area contributed by atoms with Gasteiger partial charge in [0.05, 0.1) is 4.92 Å². The number of benzene rings is 2. The summed E-state index contributed by atoms with van der Waals surface area (Å²) in [6.07, 6.45) is 0. The molecule has 3 rings (SSSR count). The van der Waals surface area contributed by atoms with Gasteiger partial charge in [-0.25, -0.2) is 4.79 Å². The van der Waals surface area contributed by atoms with E-state index in [1.54, 1.807) is 36.6 Å². The molecule has 0 fully saturated rings. The quantitative estimate of drug-likeness (QED) is 0.217. The van der Waals surface area contributed by atoms with Crippen molar-refractivity contribution in [3.05, 3.63) is 87.2 Å². The van der Waals surface area contributed by atoms with Crippen molar-refractivity contribution in [2.24, 2.45) is 0 Å². The van der Waals surface area contributed by atoms with Crippen LogP contribution < -0.4 is 4.74 Å². The molecule has 0 unspecified atom stereocenters. The van der Waals surface area contributed by atoms with Crippen molar-refractivity contribution < 1.29 is 32.8 Å². The van der Waals surface area contributed by atoms with Gasteiger partial charge in [0.25, 0.3) is 5.69 Å². The molecule has 0 spiro atoms. The third-order valence-corrected chi connectivity index (χ3v) is 4.71. The second-order valence-electron chi connectivity index (χ2n) is 6.77. The lowest BCUT2D eigenvalue weighted by molar-refractivity contribution is -0.385. The summed E-state index contributed by atoms with van der Waals surface area (Å²) in [5.41, 5.74) is 1.50. The van der Waals surface area contributed by atoms with Gasteiger partial charge in [0, 0.05) is 28.7 Å². The number of carbonyl (C=O) groups excluding carboxylic acids is 2. The molecule has 0 amide bonds. The van der Waals surface area contributed by atoms with Crippen molar-refractivity contribution in [2.45, 2.75) is 20.5 Å². The number of ether oxygens (including phenoxy) is 2. The van der Waals surface area contributed by atoms with E-state index in [1.807, 2.05) is 0 Å². The number of carbonyl (C=O) groups is 2. The molecule has 0 radical (unpaired) electrons. The molecule has 3 aromatic rings. The molecule has 0 bridgehead atoms. The van der Waals surface area contributed by atoms with Gasteiger partial charge in [-0.3, -0.25) is 14.9 Å². The average molecular weight is 444 g/mol. The molecule has 0 aliphatic heterocycles. The number of halogens is 2. The molecule has 0 saturated carbocycles. The fourth-order valence-electron chi connectivity index (χ4n) is 3.31. The van der Waals surface area contributed by atoms with E-state index in [-0.39, 0.29) is 11.3 Å². The van der Waals surface area contributed by atoms with E-state index < -0.39 is 35.6 Å². The Bertz CT molecular complexity index is 1170. The maximum absolute atomic E-state index is 12.7. The Labute approximate surface area is 181 Å². The van der Waals surface area contributed by atoms with Crippen molar-refractivity contribution in [1.29, 1.82) is 0 Å². The summed E-state index contributed by atoms with van der Waals surface area (Å²) < 4.78 is 35.7. The molecule has 8 nitrogen and oxygen atoms in total. The van der Waals surface area contributed by atoms with E-state index in [1.165, 1.54) is 36.4 Å². The second-order valence-corrected chi connectivity index (χ2v) is 6.77. The summed E-state index contributed by atoms with van der Waals surface area (Å²) in [7, 11) is 0. The maximum atomic E-state index is 12.7. The lowest BCUT2D eigenvalue weighted by Gasteiger charge is -2.11. The van der Waals surface area contributed by atoms with Crippen LogP contribution in [0.2, 0.25) is 0 Å². The SMILES string of the molecule is Cc1cc(C(=O)COC(=O)c2ccccc2[N+](=O)[O-])c(C)n1-c1ccc(OC(F)F)cc1. The number of alkyl halides is 2. The molecule has 0 saturated heterocycles. The molecule has 32 heavy (non-hydrogen) atoms. The summed E-state index contributed by atoms with van der Waals surface area (Å²) in [4.78, 5) is 35.3. The highest BCUT2D eigenvalue weighted by Crippen LogP contribution is 2.24. The highest BCUT2D eigenvalue weighted by Gasteiger charge is 2.23. The normalized spacial score (nSPS) is 10.8. The standard InChI is InChI=1S/C22H18F2N2O6/c1-13-11-18(14(2)25(13)15-7-9-16(10-8-15)32-22(23)24)20(27)12-31-21(28)17-5-3-4-6-19(17)26(29)30/h3-11,22H,12H2,1-2H3. The number of Topliss-reactive ketones (excluding diaryl/α,β-unsaturated/α-hetero) is 1. The number of ketones is 1. The summed E-state index contributed by atoms with van der Waals surface area (Å²) in [6, 6.07) is 12.8. The fraction of sp³-hybridized carbons (Fsp3) is 0.182. The molecule has 10 heteroatoms. The lowest BCUT2D eigenvalue weighted by atomic mass is 10.1. The van der Waals surface area contributed by atoms with Gasteiger partial charge in [-0.1, -0.05) is 12.1 Å². The van der Waals surface area contributed by atoms with E-state index in [2.05, 4.69) is 4.74 Å². The van der Waals surface area contributed by atoms with Crippen LogP contribution in [0.25, 0.3) is 5.69 Å². The summed E-state index contributed by atoms with van der Waals surface area (Å²) >= 11 is 0. The molecule has 0 N–H and O–H groups in total. The third-order valence-electron chi connectivity index (χ3n) is 4.71. The molecule has 0 aliphatic carbocycles. The van der Waals surface area contributed by atoms with Crippen LogP contribution in [0.5, 0.6) is 5.75 Å². The topological polar surface area (TPSA) is 101 Å². The monoisotopic (exact) mass is 444 g/mol. The van der Waals surface area contributed by atoms with Gasteiger partial charge >= 0.3 is 12.6 Å². The van der Waals surface area contributed by atoms with Crippen LogP contribution in [-0.4, -0.2) is 34.5 Å². The van der Waals surface area contributed by atoms with Gasteiger partial charge in [-0.2, -0.15) is 8.78 Å². The average Bonchev–Trinajstić information content (AvgIpc) is 3.06. The first-order valence-electron chi connectivity index (χ1n) is 9.37. The van der Waals surface area contributed by atoms with Crippen LogP contribution in [0.4, 0.5) is 14.5 Å². The number of rotatable bonds is 8. The minimum absolute atomic E-state index is 0.00410. The minimum Gasteiger partial charge on any atom is -0.454 e. The highest BCUT2D eigenvalue weighted by molar-refractivity contribution is 6.01. The maximum Gasteiger partial charge on any atom is 0.387 e. The summed E-state index contributed by atoms with van der Waals surface area (Å²) in [6.45, 7) is -0.0865. The third kappa shape index (κ3) is 4.80. The van der Waals surface area contributed by atoms with Crippen LogP contribution in [0, 0.1) is 24.0 Å². The molecule has 2 aromatic carbocycles. The van der Waals surface area contributed by atoms with Gasteiger partial charge < -0.3 is 14.0 Å². The van der Waals surface area contributed by atoms with Crippen LogP contribution in [0.15, 0.2) is 54.6 Å². The Hall–Kier alpha value is -4.08. The molecule has 0 aliphatic rings. The molecular weight excluding hydrogens is 426 g/mol. The van der Waals surface area contributed by atoms with Crippen LogP contribution >= 0.6 is 0 Å². The Kier molecular flexibility index (Phi) is 6.62. The smallest absolute Gasteiger partial charge is 0.387 e. The zero-order chi connectivity index (χ0) is 23.4. The van der Waals surface area contributed by atoms with Gasteiger partial charge in [-0.15, -0.1) is 0 Å². The predicted molar refractivity (Wildman–Crippen MR) is 110 cm³/mol. The van der Waals surface area contributed by atoms with E-state index >= 15 is 0 Å². The van der Waals surface area contributed by atoms with E-state index in [0.717, 1.165) is 0 Å². The molecule has 166 valence electrons. The zero-order valence-electron chi connectivity index (χ0n) is 17.1. The van der Waals surface area contributed by atoms with Crippen molar-refractivity contribution in [1.82, 2.24) is 4.57 Å². The fourth-order valence-corrected chi connectivity index (χ4v) is 3.31. The number of aromatic nitrogens is 1. The molecular formula is C22H18F2N2O6. The van der Waals surface area contributed by atoms with Crippen LogP contribution in [0.3, 0.4) is 0 Å². The Balaban J connectivity index is 1.76. The number of nitrogens with zero attached hydrogens (tertiary/aromatic N) is 2. The van der Waals surface area contributed by atoms with E-state index in [0.29, 0.717) is 22.6 Å². The Morgan fingerprint density at radius 3 is 2.34 bits per heavy atom. The number of esters is 1. The van der Waals surface area contributed by atoms with Crippen LogP contribution in [0.1, 0.15) is 32.1 Å². The van der Waals surface area contributed by atoms with Gasteiger partial charge in [0.2, 0.25) is 5.78 Å². The van der Waals surface area contributed by atoms with E-state index in [9.17, 15) is 28.5 Å². The Morgan fingerprint density at radius 1 is 1.06 bits per heavy atom. The van der Waals surface area contributed by atoms with Crippen molar-refractivity contribution >= 4 is 17.4 Å². The summed E-state index contributed by atoms with van der Waals surface area (Å²) in [5.74, 6) is -1.47. The van der Waals surface area contributed by atoms with Gasteiger partial charge in [-0.05, 0) is 50.2 Å². The largest absolute Gasteiger partial charge is 0.454 e. The van der Waals surface area contributed by atoms with Gasteiger partial charge in [0.1, 0.15) is 11.3 Å². The molecule has 0 atom stereocenters. The second kappa shape index (κ2) is 9.38. The van der Waals surface area contributed by atoms with Crippen molar-refractivity contribution in [2.75, 3.05) is 6.61 Å². The number of nitro benzene ring substituents is 1. The number of hydrogen-bond acceptors (Lipinski definition) is 6. The number of aryl methyl sites for hydroxylation is 1. The highest BCUT2D eigenvalue weighted by atomic mass is 19.3. The van der Waals surface area contributed by atoms with Crippen molar-refractivity contribution in [3.8, 4) is 11.4 Å². The van der Waals surface area contributed by atoms with E-state index in [4.69, 9.17) is 4.74 Å². The first-order chi connectivity index (χ1) is 15.2. The minimum atomic E-state index is -2.93. The molecule has 1 aromatic heterocycles. The first-order valence-corrected chi connectivity index (χ1v) is 9.37. The summed E-state index contributed by atoms with van der Waals surface area (Å²) in [5, 5.41) is 11.1. The number of para-hydroxylation sites is 1. The van der Waals surface area contributed by atoms with Crippen LogP contribution in [-0.2, 0) is 4.74 Å². The lowest BCUT2D eigenvalue weighted by Crippen LogP contribution is -2.16. The number of hydrogen-bond donors (Lipinski definition) is 0. The number of nitro groups is 1. The van der Waals surface area contributed by atoms with Crippen molar-refractivity contribution in [3.63, 3.8) is 0 Å². The first kappa shape index (κ1) is 22.6. The molecule has 1 heterocycles. The predicted octanol–water partition coefficient (Wildman–Crippen LogP) is 4.64.